The maximum atomic E-state index is 13.6. The number of methoxy groups -OCH3 is 2. The third-order valence-electron chi connectivity index (χ3n) is 6.42. The van der Waals surface area contributed by atoms with E-state index in [0.717, 1.165) is 5.56 Å². The van der Waals surface area contributed by atoms with Crippen LogP contribution < -0.4 is 9.47 Å². The van der Waals surface area contributed by atoms with Crippen LogP contribution in [-0.4, -0.2) is 51.0 Å². The molecule has 2 aliphatic rings. The molecule has 6 nitrogen and oxygen atoms in total. The lowest BCUT2D eigenvalue weighted by Gasteiger charge is -2.29. The molecule has 0 aromatic heterocycles. The number of allylic oxidation sites excluding steroid dienone is 2. The zero-order chi connectivity index (χ0) is 22.3. The Balaban J connectivity index is 1.90. The van der Waals surface area contributed by atoms with Gasteiger partial charge in [0.05, 0.1) is 31.6 Å². The predicted octanol–water partition coefficient (Wildman–Crippen LogP) is 3.46. The second kappa shape index (κ2) is 8.25. The predicted molar refractivity (Wildman–Crippen MR) is 117 cm³/mol. The molecule has 166 valence electrons. The minimum absolute atomic E-state index is 0.0342. The summed E-state index contributed by atoms with van der Waals surface area (Å²) in [6.07, 6.45) is 2.66. The zero-order valence-corrected chi connectivity index (χ0v) is 19.6. The van der Waals surface area contributed by atoms with Gasteiger partial charge in [0.1, 0.15) is 0 Å². The van der Waals surface area contributed by atoms with Crippen molar-refractivity contribution in [2.75, 3.05) is 25.7 Å². The number of amides is 1. The van der Waals surface area contributed by atoms with Crippen LogP contribution in [0.1, 0.15) is 39.7 Å². The Morgan fingerprint density at radius 3 is 2.40 bits per heavy atom. The standard InChI is InChI=1S/C23H33NO5S/c1-15(2)11-18-21(23(18,3)4)22(25)24(17-9-10-30(26,27)14-17)13-16-7-8-19(28-5)20(12-16)29-6/h7-8,11-12,17-18,21H,9-10,13-14H2,1-6H3. The Morgan fingerprint density at radius 2 is 1.87 bits per heavy atom. The van der Waals surface area contributed by atoms with Crippen molar-refractivity contribution in [2.24, 2.45) is 17.3 Å². The van der Waals surface area contributed by atoms with E-state index in [9.17, 15) is 13.2 Å². The molecule has 3 rings (SSSR count). The van der Waals surface area contributed by atoms with E-state index >= 15 is 0 Å². The first kappa shape index (κ1) is 22.7. The molecule has 0 N–H and O–H groups in total. The Kier molecular flexibility index (Phi) is 6.23. The average molecular weight is 436 g/mol. The minimum atomic E-state index is -3.11. The molecule has 0 spiro atoms. The van der Waals surface area contributed by atoms with Gasteiger partial charge in [0.25, 0.3) is 0 Å². The quantitative estimate of drug-likeness (QED) is 0.614. The van der Waals surface area contributed by atoms with Gasteiger partial charge in [-0.2, -0.15) is 0 Å². The SMILES string of the molecule is COc1ccc(CN(C(=O)C2C(C=C(C)C)C2(C)C)C2CCS(=O)(=O)C2)cc1OC. The van der Waals surface area contributed by atoms with E-state index in [1.165, 1.54) is 5.57 Å². The van der Waals surface area contributed by atoms with Crippen molar-refractivity contribution in [3.8, 4) is 11.5 Å². The molecule has 2 fully saturated rings. The van der Waals surface area contributed by atoms with Crippen LogP contribution in [0.25, 0.3) is 0 Å². The van der Waals surface area contributed by atoms with E-state index in [0.29, 0.717) is 24.5 Å². The van der Waals surface area contributed by atoms with Crippen LogP contribution in [0.15, 0.2) is 29.8 Å². The molecular weight excluding hydrogens is 402 g/mol. The van der Waals surface area contributed by atoms with Crippen molar-refractivity contribution in [1.29, 1.82) is 0 Å². The average Bonchev–Trinajstić information content (AvgIpc) is 3.00. The van der Waals surface area contributed by atoms with Crippen molar-refractivity contribution < 1.29 is 22.7 Å². The number of nitrogens with zero attached hydrogens (tertiary/aromatic N) is 1. The van der Waals surface area contributed by atoms with E-state index in [-0.39, 0.29) is 40.7 Å². The fourth-order valence-electron chi connectivity index (χ4n) is 4.58. The maximum Gasteiger partial charge on any atom is 0.227 e. The molecular formula is C23H33NO5S. The van der Waals surface area contributed by atoms with Crippen LogP contribution in [0.3, 0.4) is 0 Å². The lowest BCUT2D eigenvalue weighted by Crippen LogP contribution is -2.42. The van der Waals surface area contributed by atoms with E-state index in [1.807, 2.05) is 32.0 Å². The van der Waals surface area contributed by atoms with Crippen LogP contribution in [0.5, 0.6) is 11.5 Å². The van der Waals surface area contributed by atoms with Crippen molar-refractivity contribution in [1.82, 2.24) is 4.90 Å². The Morgan fingerprint density at radius 1 is 1.20 bits per heavy atom. The van der Waals surface area contributed by atoms with Gasteiger partial charge in [-0.3, -0.25) is 4.79 Å². The molecule has 3 atom stereocenters. The molecule has 1 heterocycles. The van der Waals surface area contributed by atoms with E-state index in [4.69, 9.17) is 9.47 Å². The highest BCUT2D eigenvalue weighted by atomic mass is 32.2. The normalized spacial score (nSPS) is 26.0. The fourth-order valence-corrected chi connectivity index (χ4v) is 6.31. The second-order valence-electron chi connectivity index (χ2n) is 9.28. The van der Waals surface area contributed by atoms with Crippen LogP contribution in [0, 0.1) is 17.3 Å². The van der Waals surface area contributed by atoms with E-state index in [2.05, 4.69) is 19.9 Å². The van der Waals surface area contributed by atoms with Crippen LogP contribution in [0.4, 0.5) is 0 Å². The van der Waals surface area contributed by atoms with Gasteiger partial charge in [0, 0.05) is 12.6 Å². The Labute approximate surface area is 180 Å². The van der Waals surface area contributed by atoms with E-state index in [1.54, 1.807) is 19.1 Å². The molecule has 7 heteroatoms. The topological polar surface area (TPSA) is 72.9 Å². The first-order valence-electron chi connectivity index (χ1n) is 10.4. The number of sulfone groups is 1. The molecule has 1 saturated heterocycles. The van der Waals surface area contributed by atoms with Crippen molar-refractivity contribution in [3.63, 3.8) is 0 Å². The highest BCUT2D eigenvalue weighted by Gasteiger charge is 2.61. The van der Waals surface area contributed by atoms with Crippen LogP contribution in [-0.2, 0) is 21.2 Å². The van der Waals surface area contributed by atoms with Gasteiger partial charge in [-0.25, -0.2) is 8.42 Å². The van der Waals surface area contributed by atoms with Crippen molar-refractivity contribution in [2.45, 2.75) is 46.7 Å². The molecule has 1 saturated carbocycles. The lowest BCUT2D eigenvalue weighted by molar-refractivity contribution is -0.136. The Bertz CT molecular complexity index is 946. The molecule has 1 amide bonds. The number of ether oxygens (including phenoxy) is 2. The summed E-state index contributed by atoms with van der Waals surface area (Å²) in [5, 5.41) is 0. The van der Waals surface area contributed by atoms with Crippen molar-refractivity contribution in [3.05, 3.63) is 35.4 Å². The Hall–Kier alpha value is -2.02. The van der Waals surface area contributed by atoms with Gasteiger partial charge < -0.3 is 14.4 Å². The number of rotatable bonds is 7. The van der Waals surface area contributed by atoms with Crippen molar-refractivity contribution >= 4 is 15.7 Å². The molecule has 30 heavy (non-hydrogen) atoms. The van der Waals surface area contributed by atoms with E-state index < -0.39 is 9.84 Å². The second-order valence-corrected chi connectivity index (χ2v) is 11.5. The lowest BCUT2D eigenvalue weighted by atomic mass is 10.1. The number of carbonyl (C=O) groups is 1. The molecule has 1 aromatic carbocycles. The summed E-state index contributed by atoms with van der Waals surface area (Å²) in [6, 6.07) is 5.28. The summed E-state index contributed by atoms with van der Waals surface area (Å²) >= 11 is 0. The molecule has 1 aliphatic carbocycles. The summed E-state index contributed by atoms with van der Waals surface area (Å²) < 4.78 is 35.0. The minimum Gasteiger partial charge on any atom is -0.493 e. The molecule has 0 bridgehead atoms. The van der Waals surface area contributed by atoms with Gasteiger partial charge in [-0.1, -0.05) is 31.6 Å². The zero-order valence-electron chi connectivity index (χ0n) is 18.8. The summed E-state index contributed by atoms with van der Waals surface area (Å²) in [6.45, 7) is 8.66. The fraction of sp³-hybridized carbons (Fsp3) is 0.609. The molecule has 1 aliphatic heterocycles. The highest BCUT2D eigenvalue weighted by molar-refractivity contribution is 7.91. The number of hydrogen-bond acceptors (Lipinski definition) is 5. The third-order valence-corrected chi connectivity index (χ3v) is 8.17. The third kappa shape index (κ3) is 4.51. The first-order chi connectivity index (χ1) is 14.0. The molecule has 3 unspecified atom stereocenters. The summed E-state index contributed by atoms with van der Waals surface area (Å²) in [4.78, 5) is 15.4. The van der Waals surface area contributed by atoms with Gasteiger partial charge in [0.2, 0.25) is 5.91 Å². The van der Waals surface area contributed by atoms with Crippen LogP contribution >= 0.6 is 0 Å². The number of hydrogen-bond donors (Lipinski definition) is 0. The monoisotopic (exact) mass is 435 g/mol. The van der Waals surface area contributed by atoms with Crippen LogP contribution in [0.2, 0.25) is 0 Å². The molecule has 0 radical (unpaired) electrons. The van der Waals surface area contributed by atoms with Gasteiger partial charge >= 0.3 is 0 Å². The smallest absolute Gasteiger partial charge is 0.227 e. The first-order valence-corrected chi connectivity index (χ1v) is 12.2. The number of benzene rings is 1. The summed E-state index contributed by atoms with van der Waals surface area (Å²) in [5.41, 5.74) is 1.96. The molecule has 1 aromatic rings. The summed E-state index contributed by atoms with van der Waals surface area (Å²) in [5.74, 6) is 1.48. The summed E-state index contributed by atoms with van der Waals surface area (Å²) in [7, 11) is 0.0460. The maximum absolute atomic E-state index is 13.6. The largest absolute Gasteiger partial charge is 0.493 e. The highest BCUT2D eigenvalue weighted by Crippen LogP contribution is 2.60. The number of carbonyl (C=O) groups excluding carboxylic acids is 1. The van der Waals surface area contributed by atoms with Gasteiger partial charge in [-0.05, 0) is 49.3 Å². The van der Waals surface area contributed by atoms with Gasteiger partial charge in [-0.15, -0.1) is 0 Å². The van der Waals surface area contributed by atoms with Gasteiger partial charge in [0.15, 0.2) is 21.3 Å².